The Morgan fingerprint density at radius 2 is 2.05 bits per heavy atom. The van der Waals surface area contributed by atoms with Crippen LogP contribution >= 0.6 is 15.9 Å². The maximum atomic E-state index is 12.2. The summed E-state index contributed by atoms with van der Waals surface area (Å²) in [7, 11) is 1.31. The van der Waals surface area contributed by atoms with Crippen molar-refractivity contribution in [2.45, 2.75) is 19.9 Å². The van der Waals surface area contributed by atoms with Gasteiger partial charge in [-0.05, 0) is 24.6 Å². The fraction of sp³-hybridized carbons (Fsp3) is 0.357. The van der Waals surface area contributed by atoms with Gasteiger partial charge in [-0.2, -0.15) is 5.10 Å². The van der Waals surface area contributed by atoms with Crippen LogP contribution in [0.2, 0.25) is 0 Å². The summed E-state index contributed by atoms with van der Waals surface area (Å²) >= 11 is 3.36. The lowest BCUT2D eigenvalue weighted by Gasteiger charge is -2.14. The number of ether oxygens (including phenoxy) is 1. The Morgan fingerprint density at radius 3 is 2.65 bits per heavy atom. The van der Waals surface area contributed by atoms with Crippen molar-refractivity contribution in [1.29, 1.82) is 0 Å². The minimum Gasteiger partial charge on any atom is -0.469 e. The lowest BCUT2D eigenvalue weighted by atomic mass is 10.0. The van der Waals surface area contributed by atoms with E-state index in [4.69, 9.17) is 0 Å². The van der Waals surface area contributed by atoms with Crippen LogP contribution in [0.4, 0.5) is 0 Å². The van der Waals surface area contributed by atoms with Crippen molar-refractivity contribution in [1.82, 2.24) is 5.01 Å². The molecular weight excluding hydrogens is 324 g/mol. The third kappa shape index (κ3) is 3.25. The third-order valence-electron chi connectivity index (χ3n) is 3.18. The molecule has 0 N–H and O–H groups in total. The number of nitrogens with zero attached hydrogens (tertiary/aromatic N) is 2. The Bertz CT molecular complexity index is 554. The molecule has 0 spiro atoms. The first kappa shape index (κ1) is 14.7. The molecule has 0 aromatic heterocycles. The van der Waals surface area contributed by atoms with Crippen molar-refractivity contribution in [2.75, 3.05) is 7.11 Å². The van der Waals surface area contributed by atoms with E-state index in [-0.39, 0.29) is 12.3 Å². The van der Waals surface area contributed by atoms with Crippen LogP contribution in [0.3, 0.4) is 0 Å². The number of carbonyl (C=O) groups is 2. The Kier molecular flexibility index (Phi) is 4.54. The number of amides is 1. The van der Waals surface area contributed by atoms with Gasteiger partial charge in [0.25, 0.3) is 5.91 Å². The molecule has 1 heterocycles. The van der Waals surface area contributed by atoms with Gasteiger partial charge in [0.15, 0.2) is 0 Å². The van der Waals surface area contributed by atoms with Crippen molar-refractivity contribution >= 4 is 33.5 Å². The van der Waals surface area contributed by atoms with Gasteiger partial charge >= 0.3 is 5.97 Å². The van der Waals surface area contributed by atoms with Gasteiger partial charge in [-0.15, -0.1) is 0 Å². The summed E-state index contributed by atoms with van der Waals surface area (Å²) < 4.78 is 5.59. The maximum Gasteiger partial charge on any atom is 0.306 e. The van der Waals surface area contributed by atoms with Crippen LogP contribution in [0, 0.1) is 5.92 Å². The molecule has 1 atom stereocenters. The number of carbonyl (C=O) groups excluding carboxylic acids is 2. The summed E-state index contributed by atoms with van der Waals surface area (Å²) in [5, 5.41) is 5.65. The Balaban J connectivity index is 2.06. The highest BCUT2D eigenvalue weighted by Gasteiger charge is 2.35. The summed E-state index contributed by atoms with van der Waals surface area (Å²) in [6, 6.07) is 7.68. The zero-order valence-electron chi connectivity index (χ0n) is 11.3. The number of hydrogen-bond acceptors (Lipinski definition) is 4. The van der Waals surface area contributed by atoms with Crippen LogP contribution in [-0.4, -0.2) is 29.7 Å². The molecule has 0 saturated carbocycles. The minimum absolute atomic E-state index is 0.0432. The van der Waals surface area contributed by atoms with Crippen LogP contribution in [0.25, 0.3) is 0 Å². The van der Waals surface area contributed by atoms with Gasteiger partial charge < -0.3 is 4.74 Å². The predicted octanol–water partition coefficient (Wildman–Crippen LogP) is 2.35. The number of benzene rings is 1. The molecule has 6 heteroatoms. The molecule has 20 heavy (non-hydrogen) atoms. The Hall–Kier alpha value is -1.69. The summed E-state index contributed by atoms with van der Waals surface area (Å²) in [4.78, 5) is 23.5. The molecule has 1 unspecified atom stereocenters. The van der Waals surface area contributed by atoms with E-state index in [9.17, 15) is 9.59 Å². The van der Waals surface area contributed by atoms with E-state index in [1.807, 2.05) is 24.3 Å². The number of hydrogen-bond donors (Lipinski definition) is 0. The lowest BCUT2D eigenvalue weighted by Crippen LogP contribution is -2.28. The fourth-order valence-corrected chi connectivity index (χ4v) is 2.29. The first-order chi connectivity index (χ1) is 9.51. The monoisotopic (exact) mass is 338 g/mol. The summed E-state index contributed by atoms with van der Waals surface area (Å²) in [5.41, 5.74) is 1.63. The van der Waals surface area contributed by atoms with Gasteiger partial charge in [-0.1, -0.05) is 28.1 Å². The smallest absolute Gasteiger partial charge is 0.306 e. The molecule has 0 bridgehead atoms. The average molecular weight is 339 g/mol. The summed E-state index contributed by atoms with van der Waals surface area (Å²) in [6.45, 7) is 2.16. The maximum absolute atomic E-state index is 12.2. The Morgan fingerprint density at radius 1 is 1.40 bits per heavy atom. The number of esters is 1. The van der Waals surface area contributed by atoms with Gasteiger partial charge in [-0.3, -0.25) is 9.59 Å². The SMILES string of the molecule is COC(=O)CC1C(=O)N(Cc2ccc(Br)cc2)N=C1C. The molecule has 0 fully saturated rings. The van der Waals surface area contributed by atoms with Gasteiger partial charge in [0.05, 0.1) is 26.0 Å². The summed E-state index contributed by atoms with van der Waals surface area (Å²) in [6.07, 6.45) is 0.0432. The molecule has 0 radical (unpaired) electrons. The highest BCUT2D eigenvalue weighted by atomic mass is 79.9. The number of halogens is 1. The van der Waals surface area contributed by atoms with Crippen LogP contribution in [0.1, 0.15) is 18.9 Å². The van der Waals surface area contributed by atoms with Gasteiger partial charge in [0.1, 0.15) is 0 Å². The quantitative estimate of drug-likeness (QED) is 0.791. The molecule has 5 nitrogen and oxygen atoms in total. The highest BCUT2D eigenvalue weighted by molar-refractivity contribution is 9.10. The highest BCUT2D eigenvalue weighted by Crippen LogP contribution is 2.22. The second-order valence-corrected chi connectivity index (χ2v) is 5.51. The van der Waals surface area contributed by atoms with Crippen LogP contribution in [-0.2, 0) is 20.9 Å². The second kappa shape index (κ2) is 6.17. The lowest BCUT2D eigenvalue weighted by molar-refractivity contribution is -0.144. The van der Waals surface area contributed by atoms with Gasteiger partial charge in [0.2, 0.25) is 0 Å². The molecule has 2 rings (SSSR count). The molecule has 0 aliphatic carbocycles. The number of methoxy groups -OCH3 is 1. The van der Waals surface area contributed by atoms with E-state index in [2.05, 4.69) is 25.8 Å². The van der Waals surface area contributed by atoms with Crippen molar-refractivity contribution in [3.05, 3.63) is 34.3 Å². The standard InChI is InChI=1S/C14H15BrN2O3/c1-9-12(7-13(18)20-2)14(19)17(16-9)8-10-3-5-11(15)6-4-10/h3-6,12H,7-8H2,1-2H3. The second-order valence-electron chi connectivity index (χ2n) is 4.60. The van der Waals surface area contributed by atoms with E-state index in [1.165, 1.54) is 12.1 Å². The van der Waals surface area contributed by atoms with E-state index < -0.39 is 11.9 Å². The van der Waals surface area contributed by atoms with Gasteiger partial charge in [0, 0.05) is 10.2 Å². The summed E-state index contributed by atoms with van der Waals surface area (Å²) in [5.74, 6) is -1.06. The van der Waals surface area contributed by atoms with E-state index in [0.717, 1.165) is 10.0 Å². The minimum atomic E-state index is -0.502. The molecule has 106 valence electrons. The van der Waals surface area contributed by atoms with E-state index >= 15 is 0 Å². The fourth-order valence-electron chi connectivity index (χ4n) is 2.03. The van der Waals surface area contributed by atoms with Crippen molar-refractivity contribution < 1.29 is 14.3 Å². The van der Waals surface area contributed by atoms with Crippen LogP contribution in [0.5, 0.6) is 0 Å². The van der Waals surface area contributed by atoms with Gasteiger partial charge in [-0.25, -0.2) is 5.01 Å². The largest absolute Gasteiger partial charge is 0.469 e. The first-order valence-electron chi connectivity index (χ1n) is 6.19. The molecular formula is C14H15BrN2O3. The average Bonchev–Trinajstić information content (AvgIpc) is 2.69. The normalized spacial score (nSPS) is 18.1. The predicted molar refractivity (Wildman–Crippen MR) is 77.9 cm³/mol. The molecule has 1 aromatic carbocycles. The van der Waals surface area contributed by atoms with Crippen molar-refractivity contribution in [3.63, 3.8) is 0 Å². The Labute approximate surface area is 125 Å². The molecule has 1 amide bonds. The van der Waals surface area contributed by atoms with Crippen molar-refractivity contribution in [3.8, 4) is 0 Å². The third-order valence-corrected chi connectivity index (χ3v) is 3.71. The molecule has 1 aromatic rings. The van der Waals surface area contributed by atoms with Crippen LogP contribution < -0.4 is 0 Å². The molecule has 1 aliphatic rings. The molecule has 0 saturated heterocycles. The number of hydrazone groups is 1. The van der Waals surface area contributed by atoms with Crippen LogP contribution in [0.15, 0.2) is 33.8 Å². The van der Waals surface area contributed by atoms with E-state index in [1.54, 1.807) is 6.92 Å². The topological polar surface area (TPSA) is 59.0 Å². The first-order valence-corrected chi connectivity index (χ1v) is 6.98. The zero-order valence-corrected chi connectivity index (χ0v) is 12.9. The number of rotatable bonds is 4. The molecule has 1 aliphatic heterocycles. The zero-order chi connectivity index (χ0) is 14.7. The van der Waals surface area contributed by atoms with Crippen molar-refractivity contribution in [2.24, 2.45) is 11.0 Å². The van der Waals surface area contributed by atoms with E-state index in [0.29, 0.717) is 12.3 Å².